The van der Waals surface area contributed by atoms with Crippen molar-refractivity contribution in [2.75, 3.05) is 5.01 Å². The van der Waals surface area contributed by atoms with Crippen molar-refractivity contribution < 1.29 is 19.7 Å². The number of hydrogen-bond donors (Lipinski definition) is 1. The van der Waals surface area contributed by atoms with Crippen molar-refractivity contribution in [1.82, 2.24) is 4.57 Å². The second-order valence-electron chi connectivity index (χ2n) is 5.89. The molecule has 27 heavy (non-hydrogen) atoms. The summed E-state index contributed by atoms with van der Waals surface area (Å²) < 4.78 is 1.52. The Morgan fingerprint density at radius 1 is 1.11 bits per heavy atom. The van der Waals surface area contributed by atoms with Crippen molar-refractivity contribution in [3.05, 3.63) is 75.8 Å². The number of nitro groups is 1. The number of amides is 1. The van der Waals surface area contributed by atoms with E-state index in [1.165, 1.54) is 16.7 Å². The number of carboxylic acids is 1. The van der Waals surface area contributed by atoms with Crippen LogP contribution in [0, 0.1) is 10.1 Å². The number of anilines is 1. The van der Waals surface area contributed by atoms with E-state index >= 15 is 0 Å². The molecule has 8 nitrogen and oxygen atoms in total. The highest BCUT2D eigenvalue weighted by Crippen LogP contribution is 2.34. The molecule has 0 aliphatic rings. The third kappa shape index (κ3) is 3.12. The zero-order valence-electron chi connectivity index (χ0n) is 14.5. The maximum atomic E-state index is 12.9. The Morgan fingerprint density at radius 2 is 1.74 bits per heavy atom. The van der Waals surface area contributed by atoms with Crippen LogP contribution >= 0.6 is 0 Å². The minimum atomic E-state index is -1.33. The Balaban J connectivity index is 2.33. The summed E-state index contributed by atoms with van der Waals surface area (Å²) in [6.07, 6.45) is 0.607. The van der Waals surface area contributed by atoms with E-state index in [0.29, 0.717) is 28.9 Å². The molecule has 0 saturated carbocycles. The van der Waals surface area contributed by atoms with Gasteiger partial charge in [0.05, 0.1) is 5.52 Å². The molecule has 1 aromatic heterocycles. The van der Waals surface area contributed by atoms with E-state index in [1.807, 2.05) is 6.92 Å². The first-order valence-corrected chi connectivity index (χ1v) is 8.35. The summed E-state index contributed by atoms with van der Waals surface area (Å²) in [5, 5.41) is 21.4. The Kier molecular flexibility index (Phi) is 4.89. The molecule has 8 heteroatoms. The van der Waals surface area contributed by atoms with E-state index in [-0.39, 0.29) is 16.9 Å². The van der Waals surface area contributed by atoms with Gasteiger partial charge in [-0.05, 0) is 29.6 Å². The number of para-hydroxylation sites is 1. The van der Waals surface area contributed by atoms with Gasteiger partial charge in [-0.1, -0.05) is 43.3 Å². The quantitative estimate of drug-likeness (QED) is 0.529. The molecule has 0 atom stereocenters. The molecule has 1 N–H and O–H groups in total. The summed E-state index contributed by atoms with van der Waals surface area (Å²) in [7, 11) is 0. The lowest BCUT2D eigenvalue weighted by Crippen LogP contribution is -2.38. The van der Waals surface area contributed by atoms with Gasteiger partial charge in [0.25, 0.3) is 0 Å². The Labute approximate surface area is 154 Å². The molecular weight excluding hydrogens is 350 g/mol. The molecule has 3 rings (SSSR count). The van der Waals surface area contributed by atoms with Crippen molar-refractivity contribution in [3.63, 3.8) is 0 Å². The third-order valence-corrected chi connectivity index (χ3v) is 4.18. The maximum absolute atomic E-state index is 12.9. The van der Waals surface area contributed by atoms with Crippen molar-refractivity contribution >= 4 is 28.6 Å². The van der Waals surface area contributed by atoms with Gasteiger partial charge in [-0.3, -0.25) is 4.79 Å². The maximum Gasteiger partial charge on any atom is 0.340 e. The molecule has 0 unspecified atom stereocenters. The number of aromatic carboxylic acids is 1. The lowest BCUT2D eigenvalue weighted by Gasteiger charge is -2.16. The zero-order chi connectivity index (χ0) is 19.6. The van der Waals surface area contributed by atoms with Gasteiger partial charge in [0.1, 0.15) is 5.56 Å². The first kappa shape index (κ1) is 18.1. The molecule has 0 spiro atoms. The Hall–Kier alpha value is -3.68. The van der Waals surface area contributed by atoms with Gasteiger partial charge in [-0.25, -0.2) is 14.9 Å². The second-order valence-corrected chi connectivity index (χ2v) is 5.89. The van der Waals surface area contributed by atoms with E-state index < -0.39 is 16.9 Å². The number of hydrogen-bond acceptors (Lipinski definition) is 4. The number of benzene rings is 2. The van der Waals surface area contributed by atoms with Crippen LogP contribution in [0.3, 0.4) is 0 Å². The number of hydrazine groups is 1. The summed E-state index contributed by atoms with van der Waals surface area (Å²) in [6.45, 7) is 2.20. The van der Waals surface area contributed by atoms with Gasteiger partial charge in [0.2, 0.25) is 5.82 Å². The number of carbonyl (C=O) groups is 2. The molecule has 0 fully saturated rings. The Bertz CT molecular complexity index is 1030. The minimum absolute atomic E-state index is 0.0962. The minimum Gasteiger partial charge on any atom is -0.478 e. The van der Waals surface area contributed by atoms with Crippen molar-refractivity contribution in [1.29, 1.82) is 0 Å². The number of fused-ring (bicyclic) bond motifs is 1. The number of nitrogens with zero attached hydrogens (tertiary/aromatic N) is 3. The van der Waals surface area contributed by atoms with Crippen molar-refractivity contribution in [2.45, 2.75) is 19.9 Å². The lowest BCUT2D eigenvalue weighted by molar-refractivity contribution is -0.482. The van der Waals surface area contributed by atoms with Gasteiger partial charge >= 0.3 is 11.9 Å². The number of aryl methyl sites for hydroxylation is 1. The molecule has 1 amide bonds. The van der Waals surface area contributed by atoms with Gasteiger partial charge in [0.15, 0.2) is 5.03 Å². The molecule has 0 aliphatic heterocycles. The van der Waals surface area contributed by atoms with Crippen LogP contribution in [0.25, 0.3) is 10.9 Å². The van der Waals surface area contributed by atoms with Crippen LogP contribution < -0.4 is 5.01 Å². The van der Waals surface area contributed by atoms with Crippen LogP contribution in [-0.2, 0) is 6.54 Å². The molecule has 138 valence electrons. The zero-order valence-corrected chi connectivity index (χ0v) is 14.5. The average molecular weight is 367 g/mol. The van der Waals surface area contributed by atoms with Crippen LogP contribution in [0.2, 0.25) is 0 Å². The van der Waals surface area contributed by atoms with Gasteiger partial charge in [-0.15, -0.1) is 0 Å². The standard InChI is InChI=1S/C19H17N3O5/c1-2-12-20-15-11-7-6-10-14(15)16(19(24)25)17(20)21(22(26)27)18(23)13-8-4-3-5-9-13/h3-11H,2,12H2,1H3,(H,24,25). The number of carbonyl (C=O) groups excluding carboxylic acids is 1. The third-order valence-electron chi connectivity index (χ3n) is 4.18. The number of rotatable bonds is 6. The topological polar surface area (TPSA) is 106 Å². The molecule has 0 radical (unpaired) electrons. The van der Waals surface area contributed by atoms with Crippen molar-refractivity contribution in [2.24, 2.45) is 0 Å². The lowest BCUT2D eigenvalue weighted by atomic mass is 10.1. The summed E-state index contributed by atoms with van der Waals surface area (Å²) in [5.74, 6) is -2.48. The summed E-state index contributed by atoms with van der Waals surface area (Å²) in [4.78, 5) is 36.7. The summed E-state index contributed by atoms with van der Waals surface area (Å²) >= 11 is 0. The highest BCUT2D eigenvalue weighted by Gasteiger charge is 2.37. The SMILES string of the molecule is CCCn1c(N(C(=O)c2ccccc2)[N+](=O)[O-])c(C(=O)O)c2ccccc21. The highest BCUT2D eigenvalue weighted by molar-refractivity contribution is 6.14. The Morgan fingerprint density at radius 3 is 2.33 bits per heavy atom. The predicted molar refractivity (Wildman–Crippen MR) is 99.4 cm³/mol. The van der Waals surface area contributed by atoms with Crippen LogP contribution in [0.1, 0.15) is 34.1 Å². The molecule has 0 aliphatic carbocycles. The monoisotopic (exact) mass is 367 g/mol. The van der Waals surface area contributed by atoms with E-state index in [1.54, 1.807) is 42.5 Å². The number of aromatic nitrogens is 1. The van der Waals surface area contributed by atoms with Gasteiger partial charge in [-0.2, -0.15) is 0 Å². The molecule has 3 aromatic rings. The smallest absolute Gasteiger partial charge is 0.340 e. The fraction of sp³-hybridized carbons (Fsp3) is 0.158. The first-order valence-electron chi connectivity index (χ1n) is 8.35. The van der Waals surface area contributed by atoms with Crippen LogP contribution in [0.15, 0.2) is 54.6 Å². The van der Waals surface area contributed by atoms with E-state index in [0.717, 1.165) is 0 Å². The van der Waals surface area contributed by atoms with Crippen LogP contribution in [0.4, 0.5) is 5.82 Å². The number of carboxylic acid groups (broad SMARTS) is 1. The van der Waals surface area contributed by atoms with Crippen molar-refractivity contribution in [3.8, 4) is 0 Å². The fourth-order valence-electron chi connectivity index (χ4n) is 3.12. The van der Waals surface area contributed by atoms with E-state index in [2.05, 4.69) is 0 Å². The molecular formula is C19H17N3O5. The van der Waals surface area contributed by atoms with Gasteiger partial charge < -0.3 is 9.67 Å². The molecule has 0 bridgehead atoms. The molecule has 0 saturated heterocycles. The summed E-state index contributed by atoms with van der Waals surface area (Å²) in [6, 6.07) is 14.4. The molecule has 1 heterocycles. The van der Waals surface area contributed by atoms with Crippen LogP contribution in [0.5, 0.6) is 0 Å². The average Bonchev–Trinajstić information content (AvgIpc) is 2.97. The summed E-state index contributed by atoms with van der Waals surface area (Å²) in [5.41, 5.74) is 0.360. The fourth-order valence-corrected chi connectivity index (χ4v) is 3.12. The second kappa shape index (κ2) is 7.28. The predicted octanol–water partition coefficient (Wildman–Crippen LogP) is 3.59. The normalized spacial score (nSPS) is 10.7. The highest BCUT2D eigenvalue weighted by atomic mass is 16.7. The van der Waals surface area contributed by atoms with E-state index in [4.69, 9.17) is 0 Å². The van der Waals surface area contributed by atoms with Crippen LogP contribution in [-0.4, -0.2) is 26.6 Å². The first-order chi connectivity index (χ1) is 13.0. The van der Waals surface area contributed by atoms with Gasteiger partial charge in [0, 0.05) is 17.5 Å². The van der Waals surface area contributed by atoms with E-state index in [9.17, 15) is 24.8 Å². The largest absolute Gasteiger partial charge is 0.478 e. The molecule has 2 aromatic carbocycles.